The predicted molar refractivity (Wildman–Crippen MR) is 126 cm³/mol. The van der Waals surface area contributed by atoms with Crippen LogP contribution >= 0.6 is 11.6 Å². The fraction of sp³-hybridized carbons (Fsp3) is 0.409. The van der Waals surface area contributed by atoms with Crippen molar-refractivity contribution in [2.24, 2.45) is 5.92 Å². The van der Waals surface area contributed by atoms with Crippen molar-refractivity contribution in [1.29, 1.82) is 0 Å². The van der Waals surface area contributed by atoms with Gasteiger partial charge in [-0.25, -0.2) is 16.8 Å². The number of carbonyl (C=O) groups excluding carboxylic acids is 1. The van der Waals surface area contributed by atoms with Crippen molar-refractivity contribution in [3.63, 3.8) is 0 Å². The number of benzene rings is 2. The van der Waals surface area contributed by atoms with Crippen molar-refractivity contribution < 1.29 is 21.6 Å². The Kier molecular flexibility index (Phi) is 7.11. The van der Waals surface area contributed by atoms with Gasteiger partial charge in [-0.05, 0) is 74.2 Å². The molecule has 0 spiro atoms. The minimum absolute atomic E-state index is 0.0816. The molecule has 0 bridgehead atoms. The Morgan fingerprint density at radius 1 is 0.788 bits per heavy atom. The third-order valence-corrected chi connectivity index (χ3v) is 10.1. The van der Waals surface area contributed by atoms with E-state index in [4.69, 9.17) is 11.6 Å². The monoisotopic (exact) mass is 511 g/mol. The molecule has 2 aromatic rings. The molecule has 178 valence electrons. The molecule has 2 aliphatic heterocycles. The molecule has 2 heterocycles. The first-order chi connectivity index (χ1) is 15.7. The lowest BCUT2D eigenvalue weighted by Crippen LogP contribution is -2.43. The Morgan fingerprint density at radius 3 is 1.91 bits per heavy atom. The lowest BCUT2D eigenvalue weighted by atomic mass is 9.99. The molecule has 0 aliphatic carbocycles. The molecule has 4 rings (SSSR count). The van der Waals surface area contributed by atoms with Crippen molar-refractivity contribution in [3.8, 4) is 0 Å². The molecule has 8 nitrogen and oxygen atoms in total. The first kappa shape index (κ1) is 24.2. The van der Waals surface area contributed by atoms with Crippen LogP contribution in [-0.4, -0.2) is 57.5 Å². The number of anilines is 1. The Balaban J connectivity index is 1.41. The van der Waals surface area contributed by atoms with E-state index in [1.807, 2.05) is 0 Å². The summed E-state index contributed by atoms with van der Waals surface area (Å²) in [4.78, 5) is 13.2. The predicted octanol–water partition coefficient (Wildman–Crippen LogP) is 3.16. The maximum absolute atomic E-state index is 13.0. The van der Waals surface area contributed by atoms with E-state index in [-0.39, 0.29) is 22.2 Å². The van der Waals surface area contributed by atoms with Gasteiger partial charge in [-0.1, -0.05) is 11.6 Å². The Labute approximate surface area is 199 Å². The number of piperidine rings is 1. The van der Waals surface area contributed by atoms with Crippen LogP contribution in [0.2, 0.25) is 5.02 Å². The van der Waals surface area contributed by atoms with E-state index >= 15 is 0 Å². The van der Waals surface area contributed by atoms with Crippen LogP contribution in [0.1, 0.15) is 25.7 Å². The van der Waals surface area contributed by atoms with Gasteiger partial charge in [0.1, 0.15) is 0 Å². The van der Waals surface area contributed by atoms with Gasteiger partial charge in [-0.2, -0.15) is 8.61 Å². The Morgan fingerprint density at radius 2 is 1.30 bits per heavy atom. The number of hydrogen-bond acceptors (Lipinski definition) is 5. The van der Waals surface area contributed by atoms with Crippen LogP contribution in [0.3, 0.4) is 0 Å². The molecule has 1 unspecified atom stereocenters. The highest BCUT2D eigenvalue weighted by Crippen LogP contribution is 2.26. The highest BCUT2D eigenvalue weighted by Gasteiger charge is 2.33. The van der Waals surface area contributed by atoms with E-state index in [1.165, 1.54) is 45.0 Å². The smallest absolute Gasteiger partial charge is 0.243 e. The number of sulfonamides is 2. The summed E-state index contributed by atoms with van der Waals surface area (Å²) in [5, 5.41) is 3.24. The van der Waals surface area contributed by atoms with Crippen molar-refractivity contribution >= 4 is 43.2 Å². The summed E-state index contributed by atoms with van der Waals surface area (Å²) in [7, 11) is -7.24. The van der Waals surface area contributed by atoms with E-state index < -0.39 is 26.0 Å². The average molecular weight is 512 g/mol. The highest BCUT2D eigenvalue weighted by atomic mass is 35.5. The maximum Gasteiger partial charge on any atom is 0.243 e. The molecule has 2 aromatic carbocycles. The van der Waals surface area contributed by atoms with Gasteiger partial charge < -0.3 is 5.32 Å². The van der Waals surface area contributed by atoms with Crippen LogP contribution in [0.15, 0.2) is 58.3 Å². The van der Waals surface area contributed by atoms with Gasteiger partial charge >= 0.3 is 0 Å². The molecule has 2 aliphatic rings. The van der Waals surface area contributed by atoms with Crippen LogP contribution in [-0.2, 0) is 24.8 Å². The van der Waals surface area contributed by atoms with Crippen LogP contribution in [0, 0.1) is 5.92 Å². The number of nitrogens with one attached hydrogen (secondary N) is 1. The first-order valence-corrected chi connectivity index (χ1v) is 14.1. The van der Waals surface area contributed by atoms with Gasteiger partial charge in [0.25, 0.3) is 0 Å². The second-order valence-corrected chi connectivity index (χ2v) is 12.6. The summed E-state index contributed by atoms with van der Waals surface area (Å²) in [5.41, 5.74) is 0.470. The number of rotatable bonds is 6. The summed E-state index contributed by atoms with van der Waals surface area (Å²) in [6.45, 7) is 1.48. The van der Waals surface area contributed by atoms with Crippen LogP contribution in [0.25, 0.3) is 0 Å². The van der Waals surface area contributed by atoms with Gasteiger partial charge in [0.15, 0.2) is 0 Å². The number of hydrogen-bond donors (Lipinski definition) is 1. The van der Waals surface area contributed by atoms with Gasteiger partial charge in [0, 0.05) is 36.9 Å². The molecule has 0 aromatic heterocycles. The standard InChI is InChI=1S/C22H26ClN3O5S2/c23-18-5-9-20(10-6-18)33(30,31)26-15-3-4-17(16-26)22(27)24-19-7-11-21(12-8-19)32(28,29)25-13-1-2-14-25/h5-12,17H,1-4,13-16H2,(H,24,27). The molecule has 2 fully saturated rings. The maximum atomic E-state index is 13.0. The van der Waals surface area contributed by atoms with Gasteiger partial charge in [-0.3, -0.25) is 4.79 Å². The molecular formula is C22H26ClN3O5S2. The minimum Gasteiger partial charge on any atom is -0.326 e. The van der Waals surface area contributed by atoms with Crippen molar-refractivity contribution in [1.82, 2.24) is 8.61 Å². The zero-order valence-corrected chi connectivity index (χ0v) is 20.4. The van der Waals surface area contributed by atoms with Gasteiger partial charge in [-0.15, -0.1) is 0 Å². The average Bonchev–Trinajstić information content (AvgIpc) is 3.36. The zero-order chi connectivity index (χ0) is 23.6. The van der Waals surface area contributed by atoms with E-state index in [9.17, 15) is 21.6 Å². The lowest BCUT2D eigenvalue weighted by Gasteiger charge is -2.31. The van der Waals surface area contributed by atoms with Crippen molar-refractivity contribution in [2.75, 3.05) is 31.5 Å². The van der Waals surface area contributed by atoms with E-state index in [0.717, 1.165) is 12.8 Å². The third kappa shape index (κ3) is 5.25. The number of nitrogens with zero attached hydrogens (tertiary/aromatic N) is 2. The van der Waals surface area contributed by atoms with E-state index in [2.05, 4.69) is 5.32 Å². The summed E-state index contributed by atoms with van der Waals surface area (Å²) in [6, 6.07) is 12.1. The fourth-order valence-electron chi connectivity index (χ4n) is 4.16. The summed E-state index contributed by atoms with van der Waals surface area (Å²) >= 11 is 5.86. The second-order valence-electron chi connectivity index (χ2n) is 8.28. The third-order valence-electron chi connectivity index (χ3n) is 6.03. The van der Waals surface area contributed by atoms with Crippen LogP contribution < -0.4 is 5.32 Å². The molecule has 33 heavy (non-hydrogen) atoms. The minimum atomic E-state index is -3.72. The van der Waals surface area contributed by atoms with Crippen molar-refractivity contribution in [3.05, 3.63) is 53.6 Å². The van der Waals surface area contributed by atoms with E-state index in [1.54, 1.807) is 12.1 Å². The SMILES string of the molecule is O=C(Nc1ccc(S(=O)(=O)N2CCCC2)cc1)C1CCCN(S(=O)(=O)c2ccc(Cl)cc2)C1. The summed E-state index contributed by atoms with van der Waals surface area (Å²) in [6.07, 6.45) is 2.86. The molecule has 1 amide bonds. The molecule has 0 radical (unpaired) electrons. The first-order valence-electron chi connectivity index (χ1n) is 10.8. The lowest BCUT2D eigenvalue weighted by molar-refractivity contribution is -0.120. The number of halogens is 1. The molecular weight excluding hydrogens is 486 g/mol. The quantitative estimate of drug-likeness (QED) is 0.641. The van der Waals surface area contributed by atoms with Crippen molar-refractivity contribution in [2.45, 2.75) is 35.5 Å². The zero-order valence-electron chi connectivity index (χ0n) is 18.0. The van der Waals surface area contributed by atoms with Crippen LogP contribution in [0.5, 0.6) is 0 Å². The largest absolute Gasteiger partial charge is 0.326 e. The molecule has 1 N–H and O–H groups in total. The molecule has 1 atom stereocenters. The Hall–Kier alpha value is -1.98. The highest BCUT2D eigenvalue weighted by molar-refractivity contribution is 7.89. The molecule has 2 saturated heterocycles. The Bertz CT molecular complexity index is 1210. The van der Waals surface area contributed by atoms with Gasteiger partial charge in [0.2, 0.25) is 26.0 Å². The molecule has 11 heteroatoms. The summed E-state index contributed by atoms with van der Waals surface area (Å²) in [5.74, 6) is -0.796. The van der Waals surface area contributed by atoms with Gasteiger partial charge in [0.05, 0.1) is 15.7 Å². The topological polar surface area (TPSA) is 104 Å². The fourth-order valence-corrected chi connectivity index (χ4v) is 7.33. The van der Waals surface area contributed by atoms with E-state index in [0.29, 0.717) is 43.2 Å². The summed E-state index contributed by atoms with van der Waals surface area (Å²) < 4.78 is 54.0. The second kappa shape index (κ2) is 9.71. The van der Waals surface area contributed by atoms with Crippen LogP contribution in [0.4, 0.5) is 5.69 Å². The number of amides is 1. The normalized spacial score (nSPS) is 20.6. The molecule has 0 saturated carbocycles. The number of carbonyl (C=O) groups is 1.